The summed E-state index contributed by atoms with van der Waals surface area (Å²) in [4.78, 5) is 26.5. The molecule has 3 rings (SSSR count). The number of aryl methyl sites for hydroxylation is 1. The minimum Gasteiger partial charge on any atom is -0.353 e. The van der Waals surface area contributed by atoms with Crippen molar-refractivity contribution in [3.05, 3.63) is 36.2 Å². The highest BCUT2D eigenvalue weighted by Crippen LogP contribution is 2.20. The maximum absolute atomic E-state index is 12.4. The lowest BCUT2D eigenvalue weighted by molar-refractivity contribution is -0.133. The van der Waals surface area contributed by atoms with Crippen molar-refractivity contribution in [3.63, 3.8) is 0 Å². The van der Waals surface area contributed by atoms with Gasteiger partial charge in [-0.25, -0.2) is 0 Å². The largest absolute Gasteiger partial charge is 0.353 e. The Kier molecular flexibility index (Phi) is 7.30. The first-order valence-electron chi connectivity index (χ1n) is 10.1. The molecule has 0 saturated carbocycles. The summed E-state index contributed by atoms with van der Waals surface area (Å²) in [5.41, 5.74) is 2.16. The second kappa shape index (κ2) is 9.91. The fraction of sp³-hybridized carbons (Fsp3) is 0.524. The Morgan fingerprint density at radius 3 is 2.55 bits per heavy atom. The molecule has 1 aromatic carbocycles. The van der Waals surface area contributed by atoms with Crippen molar-refractivity contribution in [2.45, 2.75) is 51.2 Å². The monoisotopic (exact) mass is 415 g/mol. The van der Waals surface area contributed by atoms with Gasteiger partial charge in [0.05, 0.1) is 5.75 Å². The molecule has 0 spiro atoms. The van der Waals surface area contributed by atoms with Gasteiger partial charge in [0.15, 0.2) is 5.16 Å². The van der Waals surface area contributed by atoms with Crippen LogP contribution in [0.5, 0.6) is 0 Å². The van der Waals surface area contributed by atoms with E-state index in [9.17, 15) is 9.59 Å². The lowest BCUT2D eigenvalue weighted by Crippen LogP contribution is -2.47. The van der Waals surface area contributed by atoms with E-state index in [1.165, 1.54) is 17.3 Å². The van der Waals surface area contributed by atoms with E-state index >= 15 is 0 Å². The Balaban J connectivity index is 1.45. The molecule has 8 heteroatoms. The Hall–Kier alpha value is -2.35. The maximum Gasteiger partial charge on any atom is 0.230 e. The van der Waals surface area contributed by atoms with Gasteiger partial charge in [0, 0.05) is 31.2 Å². The van der Waals surface area contributed by atoms with Crippen LogP contribution in [-0.2, 0) is 9.59 Å². The van der Waals surface area contributed by atoms with E-state index < -0.39 is 0 Å². The number of nitrogens with zero attached hydrogens (tertiary/aromatic N) is 4. The Morgan fingerprint density at radius 2 is 1.90 bits per heavy atom. The van der Waals surface area contributed by atoms with Gasteiger partial charge >= 0.3 is 0 Å². The molecule has 0 aliphatic carbocycles. The van der Waals surface area contributed by atoms with Crippen LogP contribution in [0.15, 0.2) is 35.7 Å². The van der Waals surface area contributed by atoms with E-state index in [2.05, 4.69) is 29.4 Å². The van der Waals surface area contributed by atoms with Gasteiger partial charge < -0.3 is 10.2 Å². The van der Waals surface area contributed by atoms with E-state index in [0.29, 0.717) is 30.6 Å². The van der Waals surface area contributed by atoms with Gasteiger partial charge in [0.2, 0.25) is 11.8 Å². The second-order valence-corrected chi connectivity index (χ2v) is 8.87. The first kappa shape index (κ1) is 21.4. The number of nitrogens with one attached hydrogen (secondary N) is 1. The molecule has 1 fully saturated rings. The number of hydrogen-bond donors (Lipinski definition) is 1. The number of thioether (sulfide) groups is 1. The SMILES string of the molecule is Cc1ccc(-n2cnnc2SCC(=O)NC2CCN(C(=O)CC(C)C)CC2)cc1. The molecule has 1 N–H and O–H groups in total. The van der Waals surface area contributed by atoms with Gasteiger partial charge in [-0.05, 0) is 37.8 Å². The zero-order valence-corrected chi connectivity index (χ0v) is 18.1. The van der Waals surface area contributed by atoms with Gasteiger partial charge in [-0.15, -0.1) is 10.2 Å². The highest BCUT2D eigenvalue weighted by Gasteiger charge is 2.24. The Morgan fingerprint density at radius 1 is 1.21 bits per heavy atom. The number of hydrogen-bond acceptors (Lipinski definition) is 5. The molecule has 1 aromatic heterocycles. The van der Waals surface area contributed by atoms with Crippen molar-refractivity contribution in [1.29, 1.82) is 0 Å². The van der Waals surface area contributed by atoms with E-state index in [1.807, 2.05) is 40.7 Å². The van der Waals surface area contributed by atoms with E-state index in [-0.39, 0.29) is 23.6 Å². The number of aromatic nitrogens is 3. The third-order valence-electron chi connectivity index (χ3n) is 4.96. The molecule has 0 atom stereocenters. The molecule has 0 radical (unpaired) electrons. The molecule has 29 heavy (non-hydrogen) atoms. The highest BCUT2D eigenvalue weighted by atomic mass is 32.2. The average molecular weight is 416 g/mol. The van der Waals surface area contributed by atoms with Crippen LogP contribution in [0.1, 0.15) is 38.7 Å². The normalized spacial score (nSPS) is 15.0. The molecule has 1 aliphatic heterocycles. The lowest BCUT2D eigenvalue weighted by Gasteiger charge is -2.32. The number of likely N-dealkylation sites (tertiary alicyclic amines) is 1. The van der Waals surface area contributed by atoms with Gasteiger partial charge in [-0.1, -0.05) is 43.3 Å². The zero-order valence-electron chi connectivity index (χ0n) is 17.3. The van der Waals surface area contributed by atoms with Crippen LogP contribution in [-0.4, -0.2) is 56.4 Å². The number of carbonyl (C=O) groups excluding carboxylic acids is 2. The van der Waals surface area contributed by atoms with Gasteiger partial charge in [-0.2, -0.15) is 0 Å². The molecule has 0 unspecified atom stereocenters. The highest BCUT2D eigenvalue weighted by molar-refractivity contribution is 7.99. The average Bonchev–Trinajstić information content (AvgIpc) is 3.15. The number of amides is 2. The topological polar surface area (TPSA) is 80.1 Å². The molecule has 156 valence electrons. The molecular weight excluding hydrogens is 386 g/mol. The molecular formula is C21H29N5O2S. The summed E-state index contributed by atoms with van der Waals surface area (Å²) in [6.07, 6.45) is 3.86. The van der Waals surface area contributed by atoms with Crippen molar-refractivity contribution >= 4 is 23.6 Å². The van der Waals surface area contributed by atoms with Gasteiger partial charge in [0.1, 0.15) is 6.33 Å². The fourth-order valence-electron chi connectivity index (χ4n) is 3.36. The van der Waals surface area contributed by atoms with Crippen LogP contribution in [0.4, 0.5) is 0 Å². The van der Waals surface area contributed by atoms with Crippen LogP contribution < -0.4 is 5.32 Å². The maximum atomic E-state index is 12.4. The van der Waals surface area contributed by atoms with Crippen molar-refractivity contribution in [1.82, 2.24) is 25.0 Å². The molecule has 2 heterocycles. The van der Waals surface area contributed by atoms with Gasteiger partial charge in [-0.3, -0.25) is 14.2 Å². The van der Waals surface area contributed by atoms with Gasteiger partial charge in [0.25, 0.3) is 0 Å². The van der Waals surface area contributed by atoms with Crippen LogP contribution in [0.25, 0.3) is 5.69 Å². The van der Waals surface area contributed by atoms with E-state index in [1.54, 1.807) is 6.33 Å². The zero-order chi connectivity index (χ0) is 20.8. The summed E-state index contributed by atoms with van der Waals surface area (Å²) >= 11 is 1.37. The van der Waals surface area contributed by atoms with Crippen molar-refractivity contribution in [3.8, 4) is 5.69 Å². The van der Waals surface area contributed by atoms with Crippen molar-refractivity contribution in [2.75, 3.05) is 18.8 Å². The standard InChI is InChI=1S/C21H29N5O2S/c1-15(2)12-20(28)25-10-8-17(9-11-25)23-19(27)13-29-21-24-22-14-26(21)18-6-4-16(3)5-7-18/h4-7,14-15,17H,8-13H2,1-3H3,(H,23,27). The van der Waals surface area contributed by atoms with Crippen LogP contribution in [0.2, 0.25) is 0 Å². The summed E-state index contributed by atoms with van der Waals surface area (Å²) in [6, 6.07) is 8.22. The van der Waals surface area contributed by atoms with Crippen LogP contribution in [0.3, 0.4) is 0 Å². The minimum atomic E-state index is -0.0135. The molecule has 7 nitrogen and oxygen atoms in total. The third-order valence-corrected chi connectivity index (χ3v) is 5.90. The van der Waals surface area contributed by atoms with Crippen molar-refractivity contribution in [2.24, 2.45) is 5.92 Å². The Labute approximate surface area is 176 Å². The number of piperidine rings is 1. The predicted molar refractivity (Wildman–Crippen MR) is 114 cm³/mol. The number of benzene rings is 1. The summed E-state index contributed by atoms with van der Waals surface area (Å²) in [7, 11) is 0. The Bertz CT molecular complexity index is 826. The first-order valence-corrected chi connectivity index (χ1v) is 11.1. The minimum absolute atomic E-state index is 0.0135. The number of rotatable bonds is 7. The summed E-state index contributed by atoms with van der Waals surface area (Å²) in [6.45, 7) is 7.59. The number of carbonyl (C=O) groups is 2. The molecule has 2 aromatic rings. The van der Waals surface area contributed by atoms with Crippen LogP contribution in [0, 0.1) is 12.8 Å². The first-order chi connectivity index (χ1) is 13.9. The second-order valence-electron chi connectivity index (χ2n) is 7.93. The van der Waals surface area contributed by atoms with E-state index in [4.69, 9.17) is 0 Å². The summed E-state index contributed by atoms with van der Waals surface area (Å²) < 4.78 is 1.89. The van der Waals surface area contributed by atoms with E-state index in [0.717, 1.165) is 18.5 Å². The summed E-state index contributed by atoms with van der Waals surface area (Å²) in [5, 5.41) is 11.9. The molecule has 1 saturated heterocycles. The molecule has 2 amide bonds. The summed E-state index contributed by atoms with van der Waals surface area (Å²) in [5.74, 6) is 0.868. The lowest BCUT2D eigenvalue weighted by atomic mass is 10.0. The third kappa shape index (κ3) is 6.06. The molecule has 1 aliphatic rings. The van der Waals surface area contributed by atoms with Crippen LogP contribution >= 0.6 is 11.8 Å². The predicted octanol–water partition coefficient (Wildman–Crippen LogP) is 2.82. The van der Waals surface area contributed by atoms with Crippen molar-refractivity contribution < 1.29 is 9.59 Å². The quantitative estimate of drug-likeness (QED) is 0.704. The molecule has 0 bridgehead atoms. The fourth-order valence-corrected chi connectivity index (χ4v) is 4.10. The smallest absolute Gasteiger partial charge is 0.230 e.